The Hall–Kier alpha value is -1.62. The molecule has 1 saturated carbocycles. The SMILES string of the molecule is CC1(CNC(=O)c2ccc(Cl)c([N+](=O)[O-])c2)CCC1. The second kappa shape index (κ2) is 5.17. The number of hydrogen-bond donors (Lipinski definition) is 1. The van der Waals surface area contributed by atoms with Crippen molar-refractivity contribution in [2.24, 2.45) is 5.41 Å². The largest absolute Gasteiger partial charge is 0.351 e. The summed E-state index contributed by atoms with van der Waals surface area (Å²) in [5.41, 5.74) is 0.191. The number of halogens is 1. The van der Waals surface area contributed by atoms with Crippen molar-refractivity contribution in [2.75, 3.05) is 6.54 Å². The molecule has 0 bridgehead atoms. The van der Waals surface area contributed by atoms with Crippen LogP contribution in [0.4, 0.5) is 5.69 Å². The zero-order valence-corrected chi connectivity index (χ0v) is 11.4. The number of hydrogen-bond acceptors (Lipinski definition) is 3. The lowest BCUT2D eigenvalue weighted by molar-refractivity contribution is -0.384. The molecule has 6 heteroatoms. The zero-order valence-electron chi connectivity index (χ0n) is 10.6. The highest BCUT2D eigenvalue weighted by Gasteiger charge is 2.32. The smallest absolute Gasteiger partial charge is 0.288 e. The van der Waals surface area contributed by atoms with Crippen LogP contribution in [-0.2, 0) is 0 Å². The van der Waals surface area contributed by atoms with Crippen molar-refractivity contribution in [1.29, 1.82) is 0 Å². The van der Waals surface area contributed by atoms with E-state index in [1.165, 1.54) is 24.6 Å². The molecule has 1 aliphatic carbocycles. The van der Waals surface area contributed by atoms with E-state index in [1.807, 2.05) is 0 Å². The van der Waals surface area contributed by atoms with Crippen molar-refractivity contribution in [2.45, 2.75) is 26.2 Å². The average Bonchev–Trinajstić information content (AvgIpc) is 2.33. The first-order valence-electron chi connectivity index (χ1n) is 6.13. The Bertz CT molecular complexity index is 527. The first-order valence-corrected chi connectivity index (χ1v) is 6.51. The average molecular weight is 283 g/mol. The van der Waals surface area contributed by atoms with Gasteiger partial charge in [-0.3, -0.25) is 14.9 Å². The van der Waals surface area contributed by atoms with E-state index < -0.39 is 4.92 Å². The number of benzene rings is 1. The van der Waals surface area contributed by atoms with Gasteiger partial charge in [-0.15, -0.1) is 0 Å². The number of amides is 1. The number of nitrogens with zero attached hydrogens (tertiary/aromatic N) is 1. The summed E-state index contributed by atoms with van der Waals surface area (Å²) in [6, 6.07) is 4.08. The van der Waals surface area contributed by atoms with Gasteiger partial charge >= 0.3 is 0 Å². The monoisotopic (exact) mass is 282 g/mol. The number of nitro benzene ring substituents is 1. The minimum absolute atomic E-state index is 0.0347. The molecule has 0 spiro atoms. The molecule has 2 rings (SSSR count). The molecule has 1 aromatic rings. The summed E-state index contributed by atoms with van der Waals surface area (Å²) in [5.74, 6) is -0.298. The predicted octanol–water partition coefficient (Wildman–Crippen LogP) is 3.17. The Kier molecular flexibility index (Phi) is 3.75. The van der Waals surface area contributed by atoms with Gasteiger partial charge in [0, 0.05) is 18.2 Å². The van der Waals surface area contributed by atoms with E-state index in [0.29, 0.717) is 6.54 Å². The van der Waals surface area contributed by atoms with Crippen LogP contribution >= 0.6 is 11.6 Å². The molecule has 0 radical (unpaired) electrons. The topological polar surface area (TPSA) is 72.2 Å². The van der Waals surface area contributed by atoms with Crippen molar-refractivity contribution < 1.29 is 9.72 Å². The zero-order chi connectivity index (χ0) is 14.0. The van der Waals surface area contributed by atoms with Crippen LogP contribution in [0, 0.1) is 15.5 Å². The van der Waals surface area contributed by atoms with Crippen LogP contribution in [0.5, 0.6) is 0 Å². The van der Waals surface area contributed by atoms with Crippen LogP contribution in [0.1, 0.15) is 36.5 Å². The lowest BCUT2D eigenvalue weighted by atomic mass is 9.70. The highest BCUT2D eigenvalue weighted by atomic mass is 35.5. The molecule has 0 saturated heterocycles. The van der Waals surface area contributed by atoms with Gasteiger partial charge in [0.25, 0.3) is 11.6 Å². The summed E-state index contributed by atoms with van der Waals surface area (Å²) >= 11 is 5.70. The number of nitro groups is 1. The normalized spacial score (nSPS) is 16.5. The van der Waals surface area contributed by atoms with Crippen LogP contribution in [-0.4, -0.2) is 17.4 Å². The fourth-order valence-corrected chi connectivity index (χ4v) is 2.33. The third-order valence-electron chi connectivity index (χ3n) is 3.64. The predicted molar refractivity (Wildman–Crippen MR) is 72.4 cm³/mol. The fourth-order valence-electron chi connectivity index (χ4n) is 2.15. The van der Waals surface area contributed by atoms with Gasteiger partial charge < -0.3 is 5.32 Å². The van der Waals surface area contributed by atoms with Gasteiger partial charge in [-0.25, -0.2) is 0 Å². The van der Waals surface area contributed by atoms with Crippen molar-refractivity contribution >= 4 is 23.2 Å². The maximum atomic E-state index is 11.9. The quantitative estimate of drug-likeness (QED) is 0.681. The van der Waals surface area contributed by atoms with Gasteiger partial charge in [-0.1, -0.05) is 24.9 Å². The fraction of sp³-hybridized carbons (Fsp3) is 0.462. The molecule has 19 heavy (non-hydrogen) atoms. The van der Waals surface area contributed by atoms with E-state index in [2.05, 4.69) is 12.2 Å². The maximum absolute atomic E-state index is 11.9. The third kappa shape index (κ3) is 3.04. The Morgan fingerprint density at radius 3 is 2.74 bits per heavy atom. The van der Waals surface area contributed by atoms with E-state index >= 15 is 0 Å². The Balaban J connectivity index is 2.06. The second-order valence-electron chi connectivity index (χ2n) is 5.27. The van der Waals surface area contributed by atoms with E-state index in [9.17, 15) is 14.9 Å². The molecule has 1 aromatic carbocycles. The highest BCUT2D eigenvalue weighted by molar-refractivity contribution is 6.32. The first-order chi connectivity index (χ1) is 8.91. The number of nitrogens with one attached hydrogen (secondary N) is 1. The van der Waals surface area contributed by atoms with Crippen LogP contribution in [0.15, 0.2) is 18.2 Å². The number of rotatable bonds is 4. The van der Waals surface area contributed by atoms with Crippen LogP contribution < -0.4 is 5.32 Å². The number of carbonyl (C=O) groups excluding carboxylic acids is 1. The maximum Gasteiger partial charge on any atom is 0.288 e. The van der Waals surface area contributed by atoms with Gasteiger partial charge in [0.2, 0.25) is 0 Å². The summed E-state index contributed by atoms with van der Waals surface area (Å²) in [4.78, 5) is 22.1. The van der Waals surface area contributed by atoms with Gasteiger partial charge in [0.1, 0.15) is 5.02 Å². The summed E-state index contributed by atoms with van der Waals surface area (Å²) in [6.45, 7) is 2.73. The Morgan fingerprint density at radius 2 is 2.21 bits per heavy atom. The molecule has 1 N–H and O–H groups in total. The first kappa shape index (κ1) is 13.8. The minimum Gasteiger partial charge on any atom is -0.351 e. The number of carbonyl (C=O) groups is 1. The molecule has 5 nitrogen and oxygen atoms in total. The van der Waals surface area contributed by atoms with E-state index in [-0.39, 0.29) is 27.6 Å². The highest BCUT2D eigenvalue weighted by Crippen LogP contribution is 2.39. The molecule has 0 aromatic heterocycles. The van der Waals surface area contributed by atoms with Gasteiger partial charge in [0.15, 0.2) is 0 Å². The summed E-state index contributed by atoms with van der Waals surface area (Å²) in [7, 11) is 0. The van der Waals surface area contributed by atoms with Crippen LogP contribution in [0.2, 0.25) is 5.02 Å². The van der Waals surface area contributed by atoms with Gasteiger partial charge in [-0.2, -0.15) is 0 Å². The van der Waals surface area contributed by atoms with Crippen LogP contribution in [0.3, 0.4) is 0 Å². The van der Waals surface area contributed by atoms with Gasteiger partial charge in [-0.05, 0) is 30.4 Å². The van der Waals surface area contributed by atoms with Gasteiger partial charge in [0.05, 0.1) is 4.92 Å². The summed E-state index contributed by atoms with van der Waals surface area (Å²) < 4.78 is 0. The lowest BCUT2D eigenvalue weighted by Gasteiger charge is -2.38. The van der Waals surface area contributed by atoms with E-state index in [1.54, 1.807) is 0 Å². The second-order valence-corrected chi connectivity index (χ2v) is 5.68. The molecule has 0 unspecified atom stereocenters. The summed E-state index contributed by atoms with van der Waals surface area (Å²) in [5, 5.41) is 13.6. The lowest BCUT2D eigenvalue weighted by Crippen LogP contribution is -2.39. The molecule has 0 atom stereocenters. The van der Waals surface area contributed by atoms with Crippen molar-refractivity contribution in [3.63, 3.8) is 0 Å². The van der Waals surface area contributed by atoms with Crippen molar-refractivity contribution in [3.05, 3.63) is 38.9 Å². The molecule has 102 valence electrons. The molecular weight excluding hydrogens is 268 g/mol. The molecule has 0 aliphatic heterocycles. The van der Waals surface area contributed by atoms with Crippen molar-refractivity contribution in [1.82, 2.24) is 5.32 Å². The molecule has 1 fully saturated rings. The van der Waals surface area contributed by atoms with Crippen molar-refractivity contribution in [3.8, 4) is 0 Å². The molecular formula is C13H15ClN2O3. The minimum atomic E-state index is -0.591. The molecule has 1 amide bonds. The summed E-state index contributed by atoms with van der Waals surface area (Å²) in [6.07, 6.45) is 3.40. The Morgan fingerprint density at radius 1 is 1.53 bits per heavy atom. The standard InChI is InChI=1S/C13H15ClN2O3/c1-13(5-2-6-13)8-15-12(17)9-3-4-10(14)11(7-9)16(18)19/h3-4,7H,2,5-6,8H2,1H3,(H,15,17). The third-order valence-corrected chi connectivity index (χ3v) is 3.96. The molecule has 1 aliphatic rings. The molecule has 0 heterocycles. The van der Waals surface area contributed by atoms with E-state index in [4.69, 9.17) is 11.6 Å². The van der Waals surface area contributed by atoms with Crippen LogP contribution in [0.25, 0.3) is 0 Å². The Labute approximate surface area is 116 Å². The van der Waals surface area contributed by atoms with E-state index in [0.717, 1.165) is 12.8 Å².